The molecule has 38 heavy (non-hydrogen) atoms. The lowest BCUT2D eigenvalue weighted by molar-refractivity contribution is 0.0966. The van der Waals surface area contributed by atoms with Gasteiger partial charge in [0.05, 0.1) is 25.5 Å². The predicted molar refractivity (Wildman–Crippen MR) is 150 cm³/mol. The molecule has 5 rings (SSSR count). The molecule has 10 nitrogen and oxygen atoms in total. The maximum Gasteiger partial charge on any atom is 0.306 e. The summed E-state index contributed by atoms with van der Waals surface area (Å²) in [5, 5.41) is 12.9. The van der Waals surface area contributed by atoms with E-state index in [0.717, 1.165) is 62.1 Å². The fourth-order valence-electron chi connectivity index (χ4n) is 4.98. The van der Waals surface area contributed by atoms with E-state index in [2.05, 4.69) is 32.2 Å². The van der Waals surface area contributed by atoms with Gasteiger partial charge in [-0.3, -0.25) is 14.6 Å². The number of methoxy groups -OCH3 is 1. The van der Waals surface area contributed by atoms with Crippen LogP contribution in [0.3, 0.4) is 0 Å². The number of hydrogen-bond acceptors (Lipinski definition) is 8. The number of nitrogens with zero attached hydrogens (tertiary/aromatic N) is 2. The molecule has 0 bridgehead atoms. The second-order valence-electron chi connectivity index (χ2n) is 9.23. The van der Waals surface area contributed by atoms with E-state index in [1.807, 2.05) is 12.1 Å². The first kappa shape index (κ1) is 30.0. The number of hydrogen-bond donors (Lipinski definition) is 3. The fraction of sp³-hybridized carbons (Fsp3) is 0.400. The first-order valence-electron chi connectivity index (χ1n) is 11.8. The van der Waals surface area contributed by atoms with E-state index in [9.17, 15) is 13.2 Å². The molecule has 1 saturated heterocycles. The highest BCUT2D eigenvalue weighted by Gasteiger charge is 2.32. The zero-order valence-corrected chi connectivity index (χ0v) is 23.6. The van der Waals surface area contributed by atoms with E-state index >= 15 is 0 Å². The molecule has 1 aromatic heterocycles. The minimum absolute atomic E-state index is 0. The van der Waals surface area contributed by atoms with Gasteiger partial charge < -0.3 is 24.3 Å². The third-order valence-electron chi connectivity index (χ3n) is 6.71. The maximum absolute atomic E-state index is 12.7. The topological polar surface area (TPSA) is 124 Å². The number of nitrogens with one attached hydrogen (secondary N) is 2. The van der Waals surface area contributed by atoms with Crippen LogP contribution in [0.5, 0.6) is 11.5 Å². The minimum atomic E-state index is -3.81. The molecule has 0 spiro atoms. The zero-order valence-electron chi connectivity index (χ0n) is 21.2. The molecule has 208 valence electrons. The van der Waals surface area contributed by atoms with Crippen molar-refractivity contribution in [3.63, 3.8) is 0 Å². The molecule has 2 aliphatic heterocycles. The Balaban J connectivity index is 0.00000200. The molecule has 13 heteroatoms. The number of carbonyl (C=O) groups is 1. The zero-order chi connectivity index (χ0) is 25.4. The number of halogens is 2. The molecule has 3 aromatic rings. The molecule has 2 aliphatic rings. The van der Waals surface area contributed by atoms with Crippen molar-refractivity contribution in [1.82, 2.24) is 20.1 Å². The third-order valence-corrected chi connectivity index (χ3v) is 7.18. The summed E-state index contributed by atoms with van der Waals surface area (Å²) in [5.41, 5.74) is 4.32. The Morgan fingerprint density at radius 1 is 1.05 bits per heavy atom. The van der Waals surface area contributed by atoms with Crippen LogP contribution in [-0.4, -0.2) is 86.9 Å². The number of piperazine rings is 1. The van der Waals surface area contributed by atoms with Gasteiger partial charge in [0.1, 0.15) is 0 Å². The van der Waals surface area contributed by atoms with E-state index in [-0.39, 0.29) is 55.4 Å². The number of aliphatic hydroxyl groups is 1. The lowest BCUT2D eigenvalue weighted by Gasteiger charge is -2.34. The quantitative estimate of drug-likeness (QED) is 0.344. The molecule has 1 amide bonds. The van der Waals surface area contributed by atoms with Gasteiger partial charge in [-0.15, -0.1) is 24.8 Å². The van der Waals surface area contributed by atoms with Gasteiger partial charge >= 0.3 is 10.1 Å². The van der Waals surface area contributed by atoms with Crippen molar-refractivity contribution >= 4 is 51.7 Å². The molecule has 0 atom stereocenters. The molecule has 3 heterocycles. The highest BCUT2D eigenvalue weighted by Crippen LogP contribution is 2.43. The number of amides is 1. The second-order valence-corrected chi connectivity index (χ2v) is 10.8. The highest BCUT2D eigenvalue weighted by molar-refractivity contribution is 7.86. The van der Waals surface area contributed by atoms with E-state index < -0.39 is 10.1 Å². The summed E-state index contributed by atoms with van der Waals surface area (Å²) < 4.78 is 34.3. The van der Waals surface area contributed by atoms with Crippen LogP contribution in [0.2, 0.25) is 0 Å². The number of ether oxygens (including phenoxy) is 1. The molecule has 0 radical (unpaired) electrons. The molecule has 0 unspecified atom stereocenters. The van der Waals surface area contributed by atoms with Crippen molar-refractivity contribution < 1.29 is 27.2 Å². The van der Waals surface area contributed by atoms with Gasteiger partial charge in [0.2, 0.25) is 0 Å². The lowest BCUT2D eigenvalue weighted by atomic mass is 9.98. The van der Waals surface area contributed by atoms with Crippen LogP contribution in [-0.2, 0) is 23.2 Å². The van der Waals surface area contributed by atoms with Gasteiger partial charge in [0.15, 0.2) is 11.5 Å². The average molecular weight is 588 g/mol. The van der Waals surface area contributed by atoms with Crippen molar-refractivity contribution in [2.45, 2.75) is 13.1 Å². The largest absolute Gasteiger partial charge is 0.493 e. The number of H-pyrrole nitrogens is 1. The predicted octanol–water partition coefficient (Wildman–Crippen LogP) is 2.38. The summed E-state index contributed by atoms with van der Waals surface area (Å²) in [6.45, 7) is 5.72. The minimum Gasteiger partial charge on any atom is -0.493 e. The van der Waals surface area contributed by atoms with E-state index in [0.29, 0.717) is 16.7 Å². The number of rotatable bonds is 8. The van der Waals surface area contributed by atoms with E-state index in [1.165, 1.54) is 12.7 Å². The van der Waals surface area contributed by atoms with Crippen LogP contribution in [0.1, 0.15) is 21.5 Å². The Kier molecular flexibility index (Phi) is 9.56. The van der Waals surface area contributed by atoms with Crippen molar-refractivity contribution in [1.29, 1.82) is 0 Å². The monoisotopic (exact) mass is 586 g/mol. The maximum atomic E-state index is 12.7. The summed E-state index contributed by atoms with van der Waals surface area (Å²) >= 11 is 0. The van der Waals surface area contributed by atoms with Crippen molar-refractivity contribution in [3.8, 4) is 22.8 Å². The number of benzene rings is 2. The SMILES string of the molecule is COc1cc(-c2cc3cc(CN4CCN(CCO)CC4)ccc3[nH]2)c2c(c1OS(C)(=O)=O)CNC2=O.Cl.Cl. The number of aromatic amines is 1. The number of carbonyl (C=O) groups excluding carboxylic acids is 1. The molecule has 3 N–H and O–H groups in total. The van der Waals surface area contributed by atoms with E-state index in [1.54, 1.807) is 6.07 Å². The Morgan fingerprint density at radius 3 is 2.42 bits per heavy atom. The first-order valence-corrected chi connectivity index (χ1v) is 13.7. The van der Waals surface area contributed by atoms with Gasteiger partial charge in [0.25, 0.3) is 5.91 Å². The molecular formula is C25H32Cl2N4O6S. The standard InChI is InChI=1S/C25H30N4O6S.2ClH/c1-34-22-13-18(23-19(14-26-25(23)31)24(22)35-36(2,32)33)21-12-17-11-16(3-4-20(17)27-21)15-29-7-5-28(6-8-29)9-10-30;;/h3-4,11-13,27,30H,5-10,14-15H2,1-2H3,(H,26,31);2*1H. The van der Waals surface area contributed by atoms with Crippen LogP contribution in [0, 0.1) is 0 Å². The van der Waals surface area contributed by atoms with Gasteiger partial charge in [-0.25, -0.2) is 0 Å². The Labute approximate surface area is 234 Å². The van der Waals surface area contributed by atoms with Gasteiger partial charge in [-0.2, -0.15) is 8.42 Å². The Bertz CT molecular complexity index is 1420. The molecule has 1 fully saturated rings. The summed E-state index contributed by atoms with van der Waals surface area (Å²) in [5.74, 6) is -0.0133. The Hall–Kier alpha value is -2.54. The smallest absolute Gasteiger partial charge is 0.306 e. The van der Waals surface area contributed by atoms with Crippen LogP contribution in [0.25, 0.3) is 22.2 Å². The van der Waals surface area contributed by atoms with Gasteiger partial charge in [-0.05, 0) is 29.8 Å². The van der Waals surface area contributed by atoms with Crippen molar-refractivity contribution in [3.05, 3.63) is 47.0 Å². The summed E-state index contributed by atoms with van der Waals surface area (Å²) in [7, 11) is -2.38. The molecular weight excluding hydrogens is 555 g/mol. The first-order chi connectivity index (χ1) is 17.3. The number of β-amino-alcohol motifs (C(OH)–C–C–N with tert-alkyl or cyclic N) is 1. The fourth-order valence-corrected chi connectivity index (χ4v) is 5.47. The summed E-state index contributed by atoms with van der Waals surface area (Å²) in [4.78, 5) is 20.8. The molecule has 0 saturated carbocycles. The molecule has 2 aromatic carbocycles. The average Bonchev–Trinajstić information content (AvgIpc) is 3.43. The Morgan fingerprint density at radius 2 is 1.76 bits per heavy atom. The highest BCUT2D eigenvalue weighted by atomic mass is 35.5. The van der Waals surface area contributed by atoms with Crippen LogP contribution >= 0.6 is 24.8 Å². The lowest BCUT2D eigenvalue weighted by Crippen LogP contribution is -2.46. The normalized spacial score (nSPS) is 15.9. The van der Waals surface area contributed by atoms with Crippen LogP contribution < -0.4 is 14.2 Å². The number of aromatic nitrogens is 1. The second kappa shape index (κ2) is 12.1. The number of fused-ring (bicyclic) bond motifs is 2. The third kappa shape index (κ3) is 6.19. The summed E-state index contributed by atoms with van der Waals surface area (Å²) in [6, 6.07) is 9.92. The van der Waals surface area contributed by atoms with Gasteiger partial charge in [-0.1, -0.05) is 6.07 Å². The van der Waals surface area contributed by atoms with Crippen LogP contribution in [0.4, 0.5) is 0 Å². The molecule has 0 aliphatic carbocycles. The summed E-state index contributed by atoms with van der Waals surface area (Å²) in [6.07, 6.45) is 0.960. The number of aliphatic hydroxyl groups excluding tert-OH is 1. The van der Waals surface area contributed by atoms with Gasteiger partial charge in [0, 0.05) is 73.5 Å². The van der Waals surface area contributed by atoms with Crippen molar-refractivity contribution in [2.24, 2.45) is 0 Å². The van der Waals surface area contributed by atoms with E-state index in [4.69, 9.17) is 14.0 Å². The van der Waals surface area contributed by atoms with Crippen LogP contribution in [0.15, 0.2) is 30.3 Å². The van der Waals surface area contributed by atoms with Crippen molar-refractivity contribution in [2.75, 3.05) is 52.7 Å².